The van der Waals surface area contributed by atoms with Crippen molar-refractivity contribution in [3.8, 4) is 0 Å². The summed E-state index contributed by atoms with van der Waals surface area (Å²) in [4.78, 5) is 5.78. The number of anilines is 2. The molecule has 1 heterocycles. The lowest BCUT2D eigenvalue weighted by atomic mass is 10.1. The zero-order chi connectivity index (χ0) is 13.1. The van der Waals surface area contributed by atoms with Crippen LogP contribution in [0.4, 0.5) is 20.4 Å². The number of halogens is 2. The van der Waals surface area contributed by atoms with E-state index in [1.165, 1.54) is 25.7 Å². The second-order valence-electron chi connectivity index (χ2n) is 4.91. The van der Waals surface area contributed by atoms with Gasteiger partial charge in [0.15, 0.2) is 23.3 Å². The first-order chi connectivity index (χ1) is 8.61. The summed E-state index contributed by atoms with van der Waals surface area (Å²) in [7, 11) is 3.38. The number of rotatable bonds is 4. The zero-order valence-corrected chi connectivity index (χ0v) is 10.8. The molecule has 0 radical (unpaired) electrons. The summed E-state index contributed by atoms with van der Waals surface area (Å²) < 4.78 is 27.0. The molecule has 0 amide bonds. The fourth-order valence-electron chi connectivity index (χ4n) is 2.57. The molecule has 1 fully saturated rings. The molecule has 0 spiro atoms. The molecule has 1 aromatic rings. The van der Waals surface area contributed by atoms with Gasteiger partial charge < -0.3 is 10.2 Å². The monoisotopic (exact) mass is 255 g/mol. The Morgan fingerprint density at radius 3 is 2.61 bits per heavy atom. The molecule has 1 aliphatic carbocycles. The minimum absolute atomic E-state index is 0.0877. The number of nitrogens with zero attached hydrogens (tertiary/aromatic N) is 2. The molecule has 100 valence electrons. The van der Waals surface area contributed by atoms with Gasteiger partial charge in [0.05, 0.1) is 0 Å². The van der Waals surface area contributed by atoms with Crippen LogP contribution in [-0.4, -0.2) is 25.6 Å². The lowest BCUT2D eigenvalue weighted by Crippen LogP contribution is -2.26. The zero-order valence-electron chi connectivity index (χ0n) is 10.8. The first-order valence-electron chi connectivity index (χ1n) is 6.36. The quantitative estimate of drug-likeness (QED) is 0.896. The Morgan fingerprint density at radius 2 is 2.00 bits per heavy atom. The molecule has 2 rings (SSSR count). The van der Waals surface area contributed by atoms with Gasteiger partial charge in [0.25, 0.3) is 0 Å². The molecule has 1 aromatic heterocycles. The van der Waals surface area contributed by atoms with E-state index >= 15 is 0 Å². The molecule has 0 aliphatic heterocycles. The van der Waals surface area contributed by atoms with Crippen molar-refractivity contribution >= 4 is 11.6 Å². The summed E-state index contributed by atoms with van der Waals surface area (Å²) in [5.74, 6) is -0.364. The Balaban J connectivity index is 2.15. The van der Waals surface area contributed by atoms with Gasteiger partial charge in [-0.25, -0.2) is 13.8 Å². The van der Waals surface area contributed by atoms with Crippen LogP contribution in [0.3, 0.4) is 0 Å². The predicted octanol–water partition coefficient (Wildman–Crippen LogP) is 3.03. The minimum Gasteiger partial charge on any atom is -0.371 e. The molecule has 0 atom stereocenters. The number of aromatic nitrogens is 1. The second-order valence-corrected chi connectivity index (χ2v) is 4.91. The van der Waals surface area contributed by atoms with Gasteiger partial charge in [-0.05, 0) is 18.8 Å². The van der Waals surface area contributed by atoms with Gasteiger partial charge in [-0.15, -0.1) is 0 Å². The Morgan fingerprint density at radius 1 is 1.33 bits per heavy atom. The van der Waals surface area contributed by atoms with Crippen LogP contribution in [0.15, 0.2) is 6.07 Å². The molecular weight excluding hydrogens is 236 g/mol. The number of pyridine rings is 1. The maximum absolute atomic E-state index is 13.7. The number of hydrogen-bond donors (Lipinski definition) is 1. The Labute approximate surface area is 106 Å². The number of hydrogen-bond acceptors (Lipinski definition) is 3. The largest absolute Gasteiger partial charge is 0.371 e. The molecule has 0 bridgehead atoms. The van der Waals surface area contributed by atoms with Crippen molar-refractivity contribution in [1.29, 1.82) is 0 Å². The maximum Gasteiger partial charge on any atom is 0.168 e. The van der Waals surface area contributed by atoms with E-state index in [2.05, 4.69) is 10.3 Å². The average molecular weight is 255 g/mol. The minimum atomic E-state index is -0.659. The molecule has 0 aromatic carbocycles. The van der Waals surface area contributed by atoms with Gasteiger partial charge in [0.1, 0.15) is 0 Å². The first kappa shape index (κ1) is 13.1. The molecule has 5 heteroatoms. The van der Waals surface area contributed by atoms with Gasteiger partial charge in [-0.2, -0.15) is 0 Å². The van der Waals surface area contributed by atoms with E-state index in [0.29, 0.717) is 5.92 Å². The molecule has 0 saturated heterocycles. The van der Waals surface area contributed by atoms with Crippen molar-refractivity contribution in [2.45, 2.75) is 25.7 Å². The molecule has 3 nitrogen and oxygen atoms in total. The highest BCUT2D eigenvalue weighted by Crippen LogP contribution is 2.28. The van der Waals surface area contributed by atoms with E-state index in [1.807, 2.05) is 0 Å². The molecule has 0 unspecified atom stereocenters. The van der Waals surface area contributed by atoms with Crippen LogP contribution in [0.5, 0.6) is 0 Å². The smallest absolute Gasteiger partial charge is 0.168 e. The third-order valence-corrected chi connectivity index (χ3v) is 3.52. The summed E-state index contributed by atoms with van der Waals surface area (Å²) in [5.41, 5.74) is 0. The molecule has 1 saturated carbocycles. The van der Waals surface area contributed by atoms with E-state index in [0.717, 1.165) is 12.6 Å². The highest BCUT2D eigenvalue weighted by Gasteiger charge is 2.20. The van der Waals surface area contributed by atoms with Gasteiger partial charge in [-0.3, -0.25) is 0 Å². The number of nitrogens with one attached hydrogen (secondary N) is 1. The Kier molecular flexibility index (Phi) is 3.99. The summed E-state index contributed by atoms with van der Waals surface area (Å²) >= 11 is 0. The van der Waals surface area contributed by atoms with Crippen molar-refractivity contribution in [2.75, 3.05) is 30.9 Å². The van der Waals surface area contributed by atoms with Crippen LogP contribution >= 0.6 is 0 Å². The van der Waals surface area contributed by atoms with Gasteiger partial charge in [-0.1, -0.05) is 12.8 Å². The fourth-order valence-corrected chi connectivity index (χ4v) is 2.57. The van der Waals surface area contributed by atoms with E-state index in [9.17, 15) is 8.78 Å². The highest BCUT2D eigenvalue weighted by molar-refractivity contribution is 5.48. The average Bonchev–Trinajstić information content (AvgIpc) is 2.81. The third kappa shape index (κ3) is 2.71. The Bertz CT molecular complexity index is 417. The standard InChI is InChI=1S/C13H19F2N3/c1-16-12-10(14)7-11(15)13(17-12)18(2)8-9-5-3-4-6-9/h7,9H,3-6,8H2,1-2H3,(H,16,17). The normalized spacial score (nSPS) is 16.0. The van der Waals surface area contributed by atoms with Gasteiger partial charge in [0, 0.05) is 26.7 Å². The van der Waals surface area contributed by atoms with Crippen LogP contribution < -0.4 is 10.2 Å². The molecule has 1 N–H and O–H groups in total. The predicted molar refractivity (Wildman–Crippen MR) is 68.9 cm³/mol. The lowest BCUT2D eigenvalue weighted by molar-refractivity contribution is 0.530. The van der Waals surface area contributed by atoms with E-state index < -0.39 is 11.6 Å². The van der Waals surface area contributed by atoms with Crippen molar-refractivity contribution in [1.82, 2.24) is 4.98 Å². The van der Waals surface area contributed by atoms with Crippen molar-refractivity contribution in [3.05, 3.63) is 17.7 Å². The molecular formula is C13H19F2N3. The maximum atomic E-state index is 13.7. The van der Waals surface area contributed by atoms with Crippen molar-refractivity contribution < 1.29 is 8.78 Å². The summed E-state index contributed by atoms with van der Waals surface area (Å²) in [5, 5.41) is 2.63. The summed E-state index contributed by atoms with van der Waals surface area (Å²) in [6, 6.07) is 0.888. The van der Waals surface area contributed by atoms with Crippen LogP contribution in [0, 0.1) is 17.6 Å². The molecule has 18 heavy (non-hydrogen) atoms. The van der Waals surface area contributed by atoms with Gasteiger partial charge in [0.2, 0.25) is 0 Å². The van der Waals surface area contributed by atoms with Crippen molar-refractivity contribution in [2.24, 2.45) is 5.92 Å². The van der Waals surface area contributed by atoms with Crippen LogP contribution in [0.1, 0.15) is 25.7 Å². The molecule has 1 aliphatic rings. The van der Waals surface area contributed by atoms with E-state index in [1.54, 1.807) is 19.0 Å². The summed E-state index contributed by atoms with van der Waals surface area (Å²) in [6.07, 6.45) is 4.87. The SMILES string of the molecule is CNc1nc(N(C)CC2CCCC2)c(F)cc1F. The highest BCUT2D eigenvalue weighted by atomic mass is 19.1. The van der Waals surface area contributed by atoms with E-state index in [4.69, 9.17) is 0 Å². The summed E-state index contributed by atoms with van der Waals surface area (Å²) in [6.45, 7) is 0.776. The van der Waals surface area contributed by atoms with Crippen LogP contribution in [0.2, 0.25) is 0 Å². The fraction of sp³-hybridized carbons (Fsp3) is 0.615. The van der Waals surface area contributed by atoms with Gasteiger partial charge >= 0.3 is 0 Å². The first-order valence-corrected chi connectivity index (χ1v) is 6.36. The lowest BCUT2D eigenvalue weighted by Gasteiger charge is -2.23. The van der Waals surface area contributed by atoms with Crippen molar-refractivity contribution in [3.63, 3.8) is 0 Å². The third-order valence-electron chi connectivity index (χ3n) is 3.52. The van der Waals surface area contributed by atoms with E-state index in [-0.39, 0.29) is 11.6 Å². The van der Waals surface area contributed by atoms with Crippen LogP contribution in [-0.2, 0) is 0 Å². The van der Waals surface area contributed by atoms with Crippen LogP contribution in [0.25, 0.3) is 0 Å². The second kappa shape index (κ2) is 5.50. The Hall–Kier alpha value is -1.39. The topological polar surface area (TPSA) is 28.2 Å².